The Balaban J connectivity index is 1.58. The lowest BCUT2D eigenvalue weighted by Crippen LogP contribution is -2.38. The van der Waals surface area contributed by atoms with E-state index in [1.165, 1.54) is 39.8 Å². The molecule has 1 aromatic carbocycles. The lowest BCUT2D eigenvalue weighted by molar-refractivity contribution is -0.183. The fraction of sp³-hybridized carbons (Fsp3) is 0.375. The summed E-state index contributed by atoms with van der Waals surface area (Å²) < 4.78 is 63.6. The molecule has 2 atom stereocenters. The molecule has 35 heavy (non-hydrogen) atoms. The average Bonchev–Trinajstić information content (AvgIpc) is 3.39. The highest BCUT2D eigenvalue weighted by molar-refractivity contribution is 5.82. The molecule has 0 saturated carbocycles. The normalized spacial score (nSPS) is 18.1. The predicted molar refractivity (Wildman–Crippen MR) is 122 cm³/mol. The Kier molecular flexibility index (Phi) is 5.84. The highest BCUT2D eigenvalue weighted by atomic mass is 19.4. The molecule has 0 bridgehead atoms. The number of nitrogens with two attached hydrogens (primary N) is 1. The van der Waals surface area contributed by atoms with Crippen LogP contribution in [0.2, 0.25) is 0 Å². The van der Waals surface area contributed by atoms with Crippen molar-refractivity contribution >= 4 is 16.6 Å². The first-order chi connectivity index (χ1) is 16.6. The second-order valence-corrected chi connectivity index (χ2v) is 9.04. The van der Waals surface area contributed by atoms with Gasteiger partial charge in [0.2, 0.25) is 0 Å². The summed E-state index contributed by atoms with van der Waals surface area (Å²) in [5, 5.41) is 8.81. The fourth-order valence-corrected chi connectivity index (χ4v) is 4.49. The van der Waals surface area contributed by atoms with Gasteiger partial charge in [-0.1, -0.05) is 12.1 Å². The van der Waals surface area contributed by atoms with Gasteiger partial charge in [0, 0.05) is 36.8 Å². The third kappa shape index (κ3) is 4.53. The average molecular weight is 488 g/mol. The molecule has 1 saturated heterocycles. The van der Waals surface area contributed by atoms with Crippen LogP contribution in [0, 0.1) is 5.82 Å². The smallest absolute Gasteiger partial charge is 0.408 e. The Labute approximate surface area is 198 Å². The maximum absolute atomic E-state index is 14.3. The van der Waals surface area contributed by atoms with Gasteiger partial charge >= 0.3 is 6.18 Å². The molecule has 0 amide bonds. The summed E-state index contributed by atoms with van der Waals surface area (Å²) in [4.78, 5) is 5.92. The van der Waals surface area contributed by atoms with Gasteiger partial charge in [-0.2, -0.15) is 13.2 Å². The van der Waals surface area contributed by atoms with Crippen LogP contribution in [0.25, 0.3) is 28.1 Å². The topological polar surface area (TPSA) is 81.6 Å². The van der Waals surface area contributed by atoms with E-state index >= 15 is 0 Å². The van der Waals surface area contributed by atoms with Crippen LogP contribution in [-0.4, -0.2) is 55.9 Å². The summed E-state index contributed by atoms with van der Waals surface area (Å²) in [6.07, 6.45) is -2.80. The van der Waals surface area contributed by atoms with Gasteiger partial charge in [0.25, 0.3) is 0 Å². The van der Waals surface area contributed by atoms with E-state index in [4.69, 9.17) is 10.5 Å². The molecule has 11 heteroatoms. The minimum absolute atomic E-state index is 0.0654. The Hall–Kier alpha value is -3.31. The highest BCUT2D eigenvalue weighted by Gasteiger charge is 2.46. The third-order valence-electron chi connectivity index (χ3n) is 6.01. The molecule has 1 unspecified atom stereocenters. The predicted octanol–water partition coefficient (Wildman–Crippen LogP) is 4.51. The third-order valence-corrected chi connectivity index (χ3v) is 6.01. The molecule has 1 aliphatic rings. The van der Waals surface area contributed by atoms with Gasteiger partial charge in [0.1, 0.15) is 11.7 Å². The monoisotopic (exact) mass is 488 g/mol. The Morgan fingerprint density at radius 1 is 1.11 bits per heavy atom. The van der Waals surface area contributed by atoms with E-state index in [1.54, 1.807) is 26.0 Å². The molecule has 2 N–H and O–H groups in total. The molecule has 7 nitrogen and oxygen atoms in total. The molecular formula is C24H24F4N6O. The first kappa shape index (κ1) is 23.4. The van der Waals surface area contributed by atoms with Crippen molar-refractivity contribution < 1.29 is 22.3 Å². The largest absolute Gasteiger partial charge is 0.488 e. The van der Waals surface area contributed by atoms with E-state index in [9.17, 15) is 17.6 Å². The molecular weight excluding hydrogens is 464 g/mol. The second-order valence-electron chi connectivity index (χ2n) is 9.04. The van der Waals surface area contributed by atoms with E-state index in [-0.39, 0.29) is 42.4 Å². The lowest BCUT2D eigenvalue weighted by atomic mass is 10.1. The molecule has 0 radical (unpaired) electrons. The summed E-state index contributed by atoms with van der Waals surface area (Å²) >= 11 is 0. The lowest BCUT2D eigenvalue weighted by Gasteiger charge is -2.30. The number of aromatic nitrogens is 4. The fourth-order valence-electron chi connectivity index (χ4n) is 4.49. The van der Waals surface area contributed by atoms with Gasteiger partial charge in [-0.25, -0.2) is 9.37 Å². The van der Waals surface area contributed by atoms with Crippen molar-refractivity contribution in [3.8, 4) is 17.3 Å². The maximum Gasteiger partial charge on any atom is 0.408 e. The zero-order valence-corrected chi connectivity index (χ0v) is 19.1. The number of pyridine rings is 2. The Bertz CT molecular complexity index is 1390. The van der Waals surface area contributed by atoms with Crippen LogP contribution in [0.3, 0.4) is 0 Å². The number of benzene rings is 1. The highest BCUT2D eigenvalue weighted by Crippen LogP contribution is 2.39. The van der Waals surface area contributed by atoms with Crippen LogP contribution >= 0.6 is 0 Å². The number of rotatable bonds is 5. The molecule has 0 spiro atoms. The van der Waals surface area contributed by atoms with Gasteiger partial charge in [0.05, 0.1) is 11.6 Å². The number of alkyl halides is 3. The number of hydrogen-bond donors (Lipinski definition) is 1. The van der Waals surface area contributed by atoms with Crippen molar-refractivity contribution in [1.82, 2.24) is 24.5 Å². The quantitative estimate of drug-likeness (QED) is 0.417. The minimum atomic E-state index is -4.48. The van der Waals surface area contributed by atoms with Crippen molar-refractivity contribution in [3.05, 3.63) is 54.0 Å². The first-order valence-corrected chi connectivity index (χ1v) is 11.3. The summed E-state index contributed by atoms with van der Waals surface area (Å²) in [6, 6.07) is 6.98. The van der Waals surface area contributed by atoms with Crippen molar-refractivity contribution in [2.24, 2.45) is 5.73 Å². The standard InChI is InChI=1S/C24H24F4N6O/c1-13(2)35-20-10-19-14(9-17(20)25)3-5-18(30-19)23-32-31-21-6-4-15(11-34(21)23)22(24(26,27)28)33-8-7-16(29)12-33/h3-6,9-11,13,16,22H,7-8,12,29H2,1-2H3/t16?,22-/m1/s1. The second kappa shape index (κ2) is 8.72. The summed E-state index contributed by atoms with van der Waals surface area (Å²) in [5.74, 6) is -0.154. The number of nitrogens with zero attached hydrogens (tertiary/aromatic N) is 5. The van der Waals surface area contributed by atoms with E-state index in [2.05, 4.69) is 15.2 Å². The number of likely N-dealkylation sites (tertiary alicyclic amines) is 1. The van der Waals surface area contributed by atoms with Crippen LogP contribution in [0.15, 0.2) is 42.6 Å². The number of halogens is 4. The van der Waals surface area contributed by atoms with Crippen molar-refractivity contribution in [1.29, 1.82) is 0 Å². The van der Waals surface area contributed by atoms with Crippen LogP contribution in [0.5, 0.6) is 5.75 Å². The number of fused-ring (bicyclic) bond motifs is 2. The van der Waals surface area contributed by atoms with E-state index in [1.807, 2.05) is 0 Å². The van der Waals surface area contributed by atoms with Gasteiger partial charge in [-0.15, -0.1) is 10.2 Å². The van der Waals surface area contributed by atoms with E-state index < -0.39 is 18.0 Å². The molecule has 4 aromatic rings. The first-order valence-electron chi connectivity index (χ1n) is 11.3. The maximum atomic E-state index is 14.3. The summed E-state index contributed by atoms with van der Waals surface area (Å²) in [6.45, 7) is 4.01. The van der Waals surface area contributed by atoms with Crippen molar-refractivity contribution in [2.75, 3.05) is 13.1 Å². The van der Waals surface area contributed by atoms with Gasteiger partial charge in [0.15, 0.2) is 23.0 Å². The molecule has 5 rings (SSSR count). The van der Waals surface area contributed by atoms with Crippen molar-refractivity contribution in [3.63, 3.8) is 0 Å². The SMILES string of the molecule is CC(C)Oc1cc2nc(-c3nnc4ccc([C@@H](N5CCC(N)C5)C(F)(F)F)cn34)ccc2cc1F. The number of ether oxygens (including phenoxy) is 1. The Morgan fingerprint density at radius 3 is 2.60 bits per heavy atom. The summed E-state index contributed by atoms with van der Waals surface area (Å²) in [5.41, 5.74) is 7.17. The van der Waals surface area contributed by atoms with Gasteiger partial charge in [-0.3, -0.25) is 9.30 Å². The molecule has 184 valence electrons. The zero-order chi connectivity index (χ0) is 24.9. The van der Waals surface area contributed by atoms with E-state index in [0.717, 1.165) is 0 Å². The number of hydrogen-bond acceptors (Lipinski definition) is 6. The van der Waals surface area contributed by atoms with Crippen LogP contribution < -0.4 is 10.5 Å². The molecule has 1 fully saturated rings. The zero-order valence-electron chi connectivity index (χ0n) is 19.1. The molecule has 4 heterocycles. The summed E-state index contributed by atoms with van der Waals surface area (Å²) in [7, 11) is 0. The van der Waals surface area contributed by atoms with Gasteiger partial charge < -0.3 is 10.5 Å². The molecule has 1 aliphatic heterocycles. The van der Waals surface area contributed by atoms with Crippen LogP contribution in [0.1, 0.15) is 31.9 Å². The molecule has 0 aliphatic carbocycles. The van der Waals surface area contributed by atoms with E-state index in [0.29, 0.717) is 28.7 Å². The van der Waals surface area contributed by atoms with Crippen LogP contribution in [0.4, 0.5) is 17.6 Å². The van der Waals surface area contributed by atoms with Crippen molar-refractivity contribution in [2.45, 2.75) is 44.6 Å². The van der Waals surface area contributed by atoms with Crippen LogP contribution in [-0.2, 0) is 0 Å². The van der Waals surface area contributed by atoms with Gasteiger partial charge in [-0.05, 0) is 44.0 Å². The Morgan fingerprint density at radius 2 is 1.91 bits per heavy atom. The minimum Gasteiger partial charge on any atom is -0.488 e. The molecule has 3 aromatic heterocycles.